The summed E-state index contributed by atoms with van der Waals surface area (Å²) in [5.41, 5.74) is 2.52. The molecule has 0 saturated carbocycles. The van der Waals surface area contributed by atoms with Crippen LogP contribution in [0, 0.1) is 0 Å². The average Bonchev–Trinajstić information content (AvgIpc) is 3.27. The molecule has 1 aromatic heterocycles. The number of rotatable bonds is 12. The van der Waals surface area contributed by atoms with Crippen LogP contribution in [0.5, 0.6) is 5.75 Å². The van der Waals surface area contributed by atoms with Crippen LogP contribution in [0.3, 0.4) is 0 Å². The molecule has 0 spiro atoms. The number of hydrogen-bond donors (Lipinski definition) is 1. The first-order valence-electron chi connectivity index (χ1n) is 13.7. The lowest BCUT2D eigenvalue weighted by Crippen LogP contribution is -2.35. The predicted octanol–water partition coefficient (Wildman–Crippen LogP) is 3.89. The van der Waals surface area contributed by atoms with E-state index in [-0.39, 0.29) is 18.6 Å². The van der Waals surface area contributed by atoms with Crippen LogP contribution in [-0.4, -0.2) is 68.5 Å². The molecular formula is C29H39N3O7S2. The number of benzene rings is 2. The minimum atomic E-state index is -4.31. The molecule has 0 atom stereocenters. The van der Waals surface area contributed by atoms with Crippen molar-refractivity contribution in [3.05, 3.63) is 72.2 Å². The van der Waals surface area contributed by atoms with Gasteiger partial charge in [-0.05, 0) is 49.8 Å². The van der Waals surface area contributed by atoms with Crippen LogP contribution < -0.4 is 14.2 Å². The molecule has 41 heavy (non-hydrogen) atoms. The number of aryl methyl sites for hydroxylation is 1. The van der Waals surface area contributed by atoms with Crippen molar-refractivity contribution in [3.63, 3.8) is 0 Å². The van der Waals surface area contributed by atoms with Gasteiger partial charge in [0.05, 0.1) is 26.9 Å². The summed E-state index contributed by atoms with van der Waals surface area (Å²) in [6.07, 6.45) is 4.12. The van der Waals surface area contributed by atoms with E-state index in [1.165, 1.54) is 19.6 Å². The van der Waals surface area contributed by atoms with Crippen LogP contribution in [0.15, 0.2) is 66.7 Å². The maximum Gasteiger partial charge on any atom is 0.265 e. The highest BCUT2D eigenvalue weighted by Crippen LogP contribution is 2.39. The van der Waals surface area contributed by atoms with Gasteiger partial charge in [-0.1, -0.05) is 45.0 Å². The number of anilines is 1. The van der Waals surface area contributed by atoms with Gasteiger partial charge in [0.15, 0.2) is 11.9 Å². The fourth-order valence-corrected chi connectivity index (χ4v) is 5.62. The summed E-state index contributed by atoms with van der Waals surface area (Å²) in [6, 6.07) is 16.9. The molecule has 10 nitrogen and oxygen atoms in total. The summed E-state index contributed by atoms with van der Waals surface area (Å²) < 4.78 is 72.3. The molecule has 1 aliphatic heterocycles. The fraction of sp³-hybridized carbons (Fsp3) is 0.414. The minimum absolute atomic E-state index is 0.157. The Bertz CT molecular complexity index is 1550. The van der Waals surface area contributed by atoms with E-state index in [0.717, 1.165) is 22.2 Å². The zero-order chi connectivity index (χ0) is 30.0. The summed E-state index contributed by atoms with van der Waals surface area (Å²) in [6.45, 7) is 10.8. The van der Waals surface area contributed by atoms with Crippen LogP contribution in [0.25, 0.3) is 17.0 Å². The van der Waals surface area contributed by atoms with Crippen LogP contribution >= 0.6 is 0 Å². The first-order valence-corrected chi connectivity index (χ1v) is 16.9. The topological polar surface area (TPSA) is 131 Å². The van der Waals surface area contributed by atoms with Crippen molar-refractivity contribution in [2.45, 2.75) is 40.2 Å². The molecule has 3 aromatic rings. The second-order valence-electron chi connectivity index (χ2n) is 9.56. The standard InChI is InChI=1S/C23H24N2O7S2.C6H15N/c26-33(27,28)15-5-12-24-14-11-18(19-7-1-2-8-20(19)24)17-23-25(13-6-16-34(29,30)31)21-9-3-4-10-22(21)32-23;1-4-7(5-2)6-3/h1-4,7-11,14,17H,5-6,12-13,15-16H2,(H-,26,27,28,29,30,31);4-6H2,1-3H3. The number of aromatic nitrogens is 1. The normalized spacial score (nSPS) is 14.2. The van der Waals surface area contributed by atoms with Gasteiger partial charge in [0, 0.05) is 36.9 Å². The molecule has 0 bridgehead atoms. The average molecular weight is 606 g/mol. The minimum Gasteiger partial charge on any atom is -0.748 e. The highest BCUT2D eigenvalue weighted by atomic mass is 32.2. The smallest absolute Gasteiger partial charge is 0.265 e. The van der Waals surface area contributed by atoms with Crippen LogP contribution in [-0.2, 0) is 26.8 Å². The lowest BCUT2D eigenvalue weighted by Gasteiger charge is -2.19. The fourth-order valence-electron chi connectivity index (χ4n) is 4.64. The van der Waals surface area contributed by atoms with E-state index in [0.29, 0.717) is 24.7 Å². The first-order chi connectivity index (χ1) is 19.5. The molecule has 2 heterocycles. The van der Waals surface area contributed by atoms with Crippen LogP contribution in [0.2, 0.25) is 0 Å². The predicted molar refractivity (Wildman–Crippen MR) is 160 cm³/mol. The van der Waals surface area contributed by atoms with E-state index in [4.69, 9.17) is 9.29 Å². The monoisotopic (exact) mass is 605 g/mol. The Hall–Kier alpha value is -3.03. The summed E-state index contributed by atoms with van der Waals surface area (Å²) in [4.78, 5) is 4.22. The third-order valence-electron chi connectivity index (χ3n) is 6.79. The molecule has 0 aliphatic carbocycles. The molecule has 0 saturated heterocycles. The molecule has 0 radical (unpaired) electrons. The van der Waals surface area contributed by atoms with Gasteiger partial charge in [-0.15, -0.1) is 0 Å². The highest BCUT2D eigenvalue weighted by molar-refractivity contribution is 7.85. The van der Waals surface area contributed by atoms with Gasteiger partial charge < -0.3 is 19.1 Å². The van der Waals surface area contributed by atoms with Gasteiger partial charge in [0.1, 0.15) is 6.54 Å². The van der Waals surface area contributed by atoms with Crippen LogP contribution in [0.1, 0.15) is 39.2 Å². The molecule has 0 fully saturated rings. The summed E-state index contributed by atoms with van der Waals surface area (Å²) in [7, 11) is -8.34. The maximum atomic E-state index is 11.1. The second kappa shape index (κ2) is 14.7. The lowest BCUT2D eigenvalue weighted by molar-refractivity contribution is -0.671. The molecule has 0 amide bonds. The van der Waals surface area contributed by atoms with Crippen molar-refractivity contribution in [1.29, 1.82) is 0 Å². The van der Waals surface area contributed by atoms with Gasteiger partial charge in [0.2, 0.25) is 11.4 Å². The van der Waals surface area contributed by atoms with E-state index in [9.17, 15) is 21.4 Å². The van der Waals surface area contributed by atoms with Gasteiger partial charge in [-0.3, -0.25) is 4.55 Å². The molecule has 1 N–H and O–H groups in total. The number of hydrogen-bond acceptors (Lipinski definition) is 8. The van der Waals surface area contributed by atoms with Gasteiger partial charge in [0.25, 0.3) is 10.1 Å². The van der Waals surface area contributed by atoms with E-state index in [1.54, 1.807) is 0 Å². The van der Waals surface area contributed by atoms with Crippen molar-refractivity contribution in [2.24, 2.45) is 0 Å². The number of fused-ring (bicyclic) bond motifs is 2. The third kappa shape index (κ3) is 9.79. The highest BCUT2D eigenvalue weighted by Gasteiger charge is 2.26. The van der Waals surface area contributed by atoms with E-state index < -0.39 is 26.0 Å². The van der Waals surface area contributed by atoms with Gasteiger partial charge >= 0.3 is 0 Å². The van der Waals surface area contributed by atoms with Crippen molar-refractivity contribution in [1.82, 2.24) is 4.90 Å². The molecule has 2 aromatic carbocycles. The molecule has 4 rings (SSSR count). The number of para-hydroxylation sites is 3. The van der Waals surface area contributed by atoms with Gasteiger partial charge in [-0.2, -0.15) is 13.0 Å². The van der Waals surface area contributed by atoms with Crippen molar-refractivity contribution in [2.75, 3.05) is 42.6 Å². The maximum absolute atomic E-state index is 11.1. The summed E-state index contributed by atoms with van der Waals surface area (Å²) >= 11 is 0. The van der Waals surface area contributed by atoms with E-state index >= 15 is 0 Å². The Kier molecular flexibility index (Phi) is 11.7. The van der Waals surface area contributed by atoms with Crippen molar-refractivity contribution < 1.29 is 35.2 Å². The molecule has 1 aliphatic rings. The Morgan fingerprint density at radius 1 is 0.927 bits per heavy atom. The zero-order valence-electron chi connectivity index (χ0n) is 23.8. The van der Waals surface area contributed by atoms with Crippen molar-refractivity contribution >= 4 is 42.9 Å². The van der Waals surface area contributed by atoms with E-state index in [2.05, 4.69) is 25.7 Å². The second-order valence-corrected chi connectivity index (χ2v) is 12.7. The first kappa shape index (κ1) is 32.5. The Morgan fingerprint density at radius 3 is 2.22 bits per heavy atom. The van der Waals surface area contributed by atoms with Gasteiger partial charge in [-0.25, -0.2) is 8.42 Å². The Morgan fingerprint density at radius 2 is 1.59 bits per heavy atom. The van der Waals surface area contributed by atoms with Crippen LogP contribution in [0.4, 0.5) is 5.69 Å². The summed E-state index contributed by atoms with van der Waals surface area (Å²) in [5.74, 6) is 0.370. The Labute approximate surface area is 243 Å². The quantitative estimate of drug-likeness (QED) is 0.241. The third-order valence-corrected chi connectivity index (χ3v) is 8.39. The number of pyridine rings is 1. The number of ether oxygens (including phenoxy) is 1. The largest absolute Gasteiger partial charge is 0.748 e. The lowest BCUT2D eigenvalue weighted by atomic mass is 10.1. The SMILES string of the molecule is CCN(CC)CC.O=S(=O)([O-])CCCN1/C(=C/c2cc[n+](CCCS(=O)(=O)O)c3ccccc23)Oc2ccccc21. The molecule has 0 unspecified atom stereocenters. The zero-order valence-corrected chi connectivity index (χ0v) is 25.4. The summed E-state index contributed by atoms with van der Waals surface area (Å²) in [5, 5.41) is 0.908. The molecule has 12 heteroatoms. The Balaban J connectivity index is 0.000000587. The number of nitrogens with zero attached hydrogens (tertiary/aromatic N) is 3. The van der Waals surface area contributed by atoms with E-state index in [1.807, 2.05) is 76.3 Å². The van der Waals surface area contributed by atoms with Crippen molar-refractivity contribution in [3.8, 4) is 5.75 Å². The molecule has 224 valence electrons. The molecular weight excluding hydrogens is 566 g/mol.